The van der Waals surface area contributed by atoms with Crippen LogP contribution in [0.1, 0.15) is 48.3 Å². The number of anilines is 1. The number of imidazole rings is 1. The summed E-state index contributed by atoms with van der Waals surface area (Å²) in [5.74, 6) is -0.644. The summed E-state index contributed by atoms with van der Waals surface area (Å²) in [5, 5.41) is 12.1. The number of fused-ring (bicyclic) bond motifs is 2. The van der Waals surface area contributed by atoms with E-state index in [1.165, 1.54) is 16.2 Å². The molecule has 9 nitrogen and oxygen atoms in total. The largest absolute Gasteiger partial charge is 0.505 e. The van der Waals surface area contributed by atoms with E-state index in [0.29, 0.717) is 45.7 Å². The number of aliphatic hydroxyl groups is 1. The number of unbranched alkanes of at least 4 members (excludes halogenated alkanes) is 1. The number of carbonyl (C=O) groups excluding carboxylic acids is 2. The number of hydrogen-bond acceptors (Lipinski definition) is 8. The fraction of sp³-hybridized carbons (Fsp3) is 0.250. The minimum Gasteiger partial charge on any atom is -0.505 e. The summed E-state index contributed by atoms with van der Waals surface area (Å²) >= 11 is 1.27. The number of nitrogens with zero attached hydrogens (tertiary/aromatic N) is 4. The Morgan fingerprint density at radius 2 is 1.88 bits per heavy atom. The monoisotopic (exact) mass is 582 g/mol. The molecule has 1 aliphatic rings. The molecule has 0 bridgehead atoms. The van der Waals surface area contributed by atoms with E-state index in [-0.39, 0.29) is 17.0 Å². The third-order valence-corrected chi connectivity index (χ3v) is 8.50. The summed E-state index contributed by atoms with van der Waals surface area (Å²) in [6.45, 7) is 6.38. The number of rotatable bonds is 8. The molecule has 1 fully saturated rings. The van der Waals surface area contributed by atoms with Gasteiger partial charge in [0.1, 0.15) is 22.8 Å². The van der Waals surface area contributed by atoms with Gasteiger partial charge in [-0.3, -0.25) is 14.5 Å². The van der Waals surface area contributed by atoms with Crippen molar-refractivity contribution in [2.45, 2.75) is 39.7 Å². The molecule has 1 saturated heterocycles. The van der Waals surface area contributed by atoms with Crippen molar-refractivity contribution < 1.29 is 24.2 Å². The minimum atomic E-state index is -0.951. The average Bonchev–Trinajstić information content (AvgIpc) is 3.65. The van der Waals surface area contributed by atoms with E-state index in [1.807, 2.05) is 73.0 Å². The number of Topliss-reactive ketones (excluding diaryl/α,β-unsaturated/α-hetero) is 1. The van der Waals surface area contributed by atoms with Crippen LogP contribution in [0.5, 0.6) is 11.5 Å². The molecular formula is C32H30N4O5S. The summed E-state index contributed by atoms with van der Waals surface area (Å²) in [5.41, 5.74) is 3.70. The highest BCUT2D eigenvalue weighted by Gasteiger charge is 2.48. The van der Waals surface area contributed by atoms with Gasteiger partial charge in [-0.05, 0) is 67.8 Å². The van der Waals surface area contributed by atoms with E-state index in [4.69, 9.17) is 14.5 Å². The van der Waals surface area contributed by atoms with E-state index in [1.54, 1.807) is 13.2 Å². The van der Waals surface area contributed by atoms with Crippen molar-refractivity contribution in [3.05, 3.63) is 88.9 Å². The number of carbonyl (C=O) groups is 2. The molecule has 42 heavy (non-hydrogen) atoms. The lowest BCUT2D eigenvalue weighted by Crippen LogP contribution is -2.29. The van der Waals surface area contributed by atoms with Crippen LogP contribution < -0.4 is 14.4 Å². The summed E-state index contributed by atoms with van der Waals surface area (Å²) in [7, 11) is 1.58. The number of hydrogen-bond donors (Lipinski definition) is 1. The van der Waals surface area contributed by atoms with Crippen molar-refractivity contribution in [3.63, 3.8) is 0 Å². The van der Waals surface area contributed by atoms with Crippen LogP contribution in [0.4, 0.5) is 5.13 Å². The molecule has 1 atom stereocenters. The summed E-state index contributed by atoms with van der Waals surface area (Å²) in [6, 6.07) is 15.6. The van der Waals surface area contributed by atoms with Crippen LogP contribution in [-0.2, 0) is 9.59 Å². The maximum absolute atomic E-state index is 13.8. The zero-order valence-electron chi connectivity index (χ0n) is 23.7. The average molecular weight is 583 g/mol. The number of aliphatic hydroxyl groups excluding tert-OH is 1. The number of pyridine rings is 1. The fourth-order valence-corrected chi connectivity index (χ4v) is 6.27. The lowest BCUT2D eigenvalue weighted by atomic mass is 9.96. The van der Waals surface area contributed by atoms with Gasteiger partial charge in [0.15, 0.2) is 10.9 Å². The van der Waals surface area contributed by atoms with Gasteiger partial charge in [0, 0.05) is 6.20 Å². The van der Waals surface area contributed by atoms with Gasteiger partial charge in [0.2, 0.25) is 0 Å². The molecule has 214 valence electrons. The number of ether oxygens (including phenoxy) is 2. The molecule has 6 rings (SSSR count). The van der Waals surface area contributed by atoms with Gasteiger partial charge >= 0.3 is 5.91 Å². The van der Waals surface area contributed by atoms with Crippen molar-refractivity contribution >= 4 is 49.8 Å². The first-order chi connectivity index (χ1) is 20.3. The number of thiazole rings is 1. The fourth-order valence-electron chi connectivity index (χ4n) is 5.25. The van der Waals surface area contributed by atoms with Crippen LogP contribution in [-0.4, -0.2) is 44.9 Å². The van der Waals surface area contributed by atoms with Gasteiger partial charge in [0.25, 0.3) is 5.78 Å². The highest BCUT2D eigenvalue weighted by molar-refractivity contribution is 7.22. The van der Waals surface area contributed by atoms with Crippen molar-refractivity contribution in [2.24, 2.45) is 0 Å². The molecule has 1 amide bonds. The van der Waals surface area contributed by atoms with Crippen LogP contribution in [0.3, 0.4) is 0 Å². The lowest BCUT2D eigenvalue weighted by molar-refractivity contribution is -0.132. The number of aryl methyl sites for hydroxylation is 2. The molecule has 3 aromatic heterocycles. The Balaban J connectivity index is 1.55. The molecule has 0 radical (unpaired) electrons. The van der Waals surface area contributed by atoms with Crippen LogP contribution in [0.2, 0.25) is 0 Å². The Hall–Kier alpha value is -4.70. The van der Waals surface area contributed by atoms with Crippen LogP contribution in [0, 0.1) is 13.8 Å². The topological polar surface area (TPSA) is 106 Å². The SMILES string of the molecule is CCCCOc1cccc(C2C(=C(O)c3nc4c(C)cccn4c3C)C(=O)C(=O)N2c2nc3ccc(OC)cc3s2)c1. The molecule has 0 aliphatic carbocycles. The van der Waals surface area contributed by atoms with E-state index >= 15 is 0 Å². The zero-order chi connectivity index (χ0) is 29.5. The van der Waals surface area contributed by atoms with E-state index in [0.717, 1.165) is 23.1 Å². The lowest BCUT2D eigenvalue weighted by Gasteiger charge is -2.23. The second kappa shape index (κ2) is 10.9. The number of aromatic nitrogens is 3. The van der Waals surface area contributed by atoms with Crippen molar-refractivity contribution in [1.29, 1.82) is 0 Å². The first kappa shape index (κ1) is 27.5. The van der Waals surface area contributed by atoms with E-state index < -0.39 is 17.7 Å². The predicted octanol–water partition coefficient (Wildman–Crippen LogP) is 6.37. The molecule has 4 heterocycles. The zero-order valence-corrected chi connectivity index (χ0v) is 24.6. The Morgan fingerprint density at radius 1 is 1.05 bits per heavy atom. The number of benzene rings is 2. The smallest absolute Gasteiger partial charge is 0.301 e. The molecule has 1 N–H and O–H groups in total. The van der Waals surface area contributed by atoms with Crippen molar-refractivity contribution in [3.8, 4) is 11.5 Å². The van der Waals surface area contributed by atoms with Crippen LogP contribution in [0.15, 0.2) is 66.4 Å². The third-order valence-electron chi connectivity index (χ3n) is 7.48. The van der Waals surface area contributed by atoms with Crippen LogP contribution >= 0.6 is 11.3 Å². The second-order valence-electron chi connectivity index (χ2n) is 10.2. The van der Waals surface area contributed by atoms with Gasteiger partial charge in [-0.15, -0.1) is 0 Å². The van der Waals surface area contributed by atoms with Crippen molar-refractivity contribution in [2.75, 3.05) is 18.6 Å². The standard InChI is InChI=1S/C32H30N4O5S/c1-5-6-15-41-22-11-7-10-20(16-22)27-25(28(37)26-19(3)35-14-8-9-18(2)30(35)34-26)29(38)31(39)36(27)32-33-23-13-12-21(40-4)17-24(23)42-32/h7-14,16-17,27,37H,5-6,15H2,1-4H3. The highest BCUT2D eigenvalue weighted by atomic mass is 32.1. The number of amides is 1. The van der Waals surface area contributed by atoms with Gasteiger partial charge in [-0.25, -0.2) is 9.97 Å². The summed E-state index contributed by atoms with van der Waals surface area (Å²) in [4.78, 5) is 38.3. The molecule has 1 aliphatic heterocycles. The number of ketones is 1. The normalized spacial score (nSPS) is 16.6. The molecular weight excluding hydrogens is 552 g/mol. The highest BCUT2D eigenvalue weighted by Crippen LogP contribution is 2.45. The van der Waals surface area contributed by atoms with Gasteiger partial charge in [0.05, 0.1) is 41.2 Å². The minimum absolute atomic E-state index is 0.0493. The predicted molar refractivity (Wildman–Crippen MR) is 162 cm³/mol. The number of methoxy groups -OCH3 is 1. The molecule has 0 spiro atoms. The first-order valence-electron chi connectivity index (χ1n) is 13.7. The Kier molecular flexibility index (Phi) is 7.16. The molecule has 0 saturated carbocycles. The molecule has 1 unspecified atom stereocenters. The summed E-state index contributed by atoms with van der Waals surface area (Å²) < 4.78 is 14.0. The molecule has 2 aromatic carbocycles. The Labute approximate surface area is 246 Å². The first-order valence-corrected chi connectivity index (χ1v) is 14.6. The second-order valence-corrected chi connectivity index (χ2v) is 11.2. The van der Waals surface area contributed by atoms with E-state index in [9.17, 15) is 14.7 Å². The maximum Gasteiger partial charge on any atom is 0.301 e. The van der Waals surface area contributed by atoms with Crippen molar-refractivity contribution in [1.82, 2.24) is 14.4 Å². The summed E-state index contributed by atoms with van der Waals surface area (Å²) in [6.07, 6.45) is 3.73. The van der Waals surface area contributed by atoms with Gasteiger partial charge in [-0.2, -0.15) is 0 Å². The quantitative estimate of drug-likeness (QED) is 0.0980. The Bertz CT molecular complexity index is 1890. The van der Waals surface area contributed by atoms with Crippen LogP contribution in [0.25, 0.3) is 21.6 Å². The Morgan fingerprint density at radius 3 is 2.64 bits per heavy atom. The third kappa shape index (κ3) is 4.57. The molecule has 10 heteroatoms. The van der Waals surface area contributed by atoms with Gasteiger partial charge < -0.3 is 19.0 Å². The van der Waals surface area contributed by atoms with Gasteiger partial charge in [-0.1, -0.05) is 42.9 Å². The molecule has 5 aromatic rings. The maximum atomic E-state index is 13.8. The van der Waals surface area contributed by atoms with E-state index in [2.05, 4.69) is 11.9 Å².